The maximum absolute atomic E-state index is 5.74. The number of methoxy groups -OCH3 is 1. The van der Waals surface area contributed by atoms with E-state index in [1.165, 1.54) is 31.2 Å². The van der Waals surface area contributed by atoms with E-state index in [0.717, 1.165) is 36.6 Å². The normalized spacial score (nSPS) is 10.5. The molecule has 1 N–H and O–H groups in total. The third-order valence-electron chi connectivity index (χ3n) is 3.60. The van der Waals surface area contributed by atoms with Crippen LogP contribution >= 0.6 is 0 Å². The molecular weight excluding hydrogens is 274 g/mol. The highest BCUT2D eigenvalue weighted by Gasteiger charge is 2.12. The number of ether oxygens (including phenoxy) is 2. The van der Waals surface area contributed by atoms with Crippen LogP contribution in [-0.2, 0) is 13.0 Å². The number of unbranched alkanes of at least 4 members (excludes halogenated alkanes) is 3. The number of hydrogen-bond acceptors (Lipinski definition) is 3. The average Bonchev–Trinajstić information content (AvgIpc) is 2.53. The van der Waals surface area contributed by atoms with Crippen molar-refractivity contribution in [3.63, 3.8) is 0 Å². The molecule has 0 fully saturated rings. The summed E-state index contributed by atoms with van der Waals surface area (Å²) in [4.78, 5) is 0. The molecule has 0 radical (unpaired) electrons. The SMILES string of the molecule is C=CCc1cc(CNCCCCCC)cc(OC)c1OCC. The Bertz CT molecular complexity index is 443. The van der Waals surface area contributed by atoms with Gasteiger partial charge in [0.2, 0.25) is 0 Å². The van der Waals surface area contributed by atoms with Crippen molar-refractivity contribution in [2.45, 2.75) is 52.5 Å². The van der Waals surface area contributed by atoms with Crippen molar-refractivity contribution >= 4 is 0 Å². The second kappa shape index (κ2) is 11.1. The maximum atomic E-state index is 5.74. The van der Waals surface area contributed by atoms with Crippen molar-refractivity contribution < 1.29 is 9.47 Å². The second-order valence-electron chi connectivity index (χ2n) is 5.45. The Morgan fingerprint density at radius 2 is 2.00 bits per heavy atom. The zero-order valence-electron chi connectivity index (χ0n) is 14.4. The van der Waals surface area contributed by atoms with Gasteiger partial charge in [-0.05, 0) is 37.9 Å². The van der Waals surface area contributed by atoms with Gasteiger partial charge in [0.05, 0.1) is 13.7 Å². The predicted octanol–water partition coefficient (Wildman–Crippen LogP) is 4.49. The molecule has 0 atom stereocenters. The summed E-state index contributed by atoms with van der Waals surface area (Å²) in [5, 5.41) is 3.51. The minimum Gasteiger partial charge on any atom is -0.493 e. The Morgan fingerprint density at radius 3 is 2.64 bits per heavy atom. The lowest BCUT2D eigenvalue weighted by molar-refractivity contribution is 0.308. The molecular formula is C19H31NO2. The van der Waals surface area contributed by atoms with Crippen molar-refractivity contribution in [1.29, 1.82) is 0 Å². The lowest BCUT2D eigenvalue weighted by Crippen LogP contribution is -2.15. The first-order chi connectivity index (χ1) is 10.8. The summed E-state index contributed by atoms with van der Waals surface area (Å²) in [6, 6.07) is 4.25. The van der Waals surface area contributed by atoms with Crippen LogP contribution in [0.25, 0.3) is 0 Å². The lowest BCUT2D eigenvalue weighted by atomic mass is 10.1. The molecule has 0 aliphatic carbocycles. The molecule has 1 aromatic rings. The number of rotatable bonds is 12. The monoisotopic (exact) mass is 305 g/mol. The number of hydrogen-bond donors (Lipinski definition) is 1. The van der Waals surface area contributed by atoms with Gasteiger partial charge in [-0.3, -0.25) is 0 Å². The maximum Gasteiger partial charge on any atom is 0.164 e. The molecule has 0 amide bonds. The van der Waals surface area contributed by atoms with Crippen LogP contribution in [0.3, 0.4) is 0 Å². The van der Waals surface area contributed by atoms with Gasteiger partial charge in [0.25, 0.3) is 0 Å². The Kier molecular flexibility index (Phi) is 9.40. The largest absolute Gasteiger partial charge is 0.493 e. The lowest BCUT2D eigenvalue weighted by Gasteiger charge is -2.16. The minimum absolute atomic E-state index is 0.634. The fourth-order valence-corrected chi connectivity index (χ4v) is 2.50. The zero-order chi connectivity index (χ0) is 16.2. The van der Waals surface area contributed by atoms with E-state index in [2.05, 4.69) is 31.0 Å². The van der Waals surface area contributed by atoms with Gasteiger partial charge < -0.3 is 14.8 Å². The van der Waals surface area contributed by atoms with Crippen LogP contribution in [0.5, 0.6) is 11.5 Å². The first kappa shape index (κ1) is 18.6. The Hall–Kier alpha value is -1.48. The summed E-state index contributed by atoms with van der Waals surface area (Å²) in [5.41, 5.74) is 2.37. The van der Waals surface area contributed by atoms with Gasteiger partial charge in [-0.25, -0.2) is 0 Å². The molecule has 1 aromatic carbocycles. The summed E-state index contributed by atoms with van der Waals surface area (Å²) in [6.07, 6.45) is 7.83. The van der Waals surface area contributed by atoms with E-state index in [-0.39, 0.29) is 0 Å². The van der Waals surface area contributed by atoms with Crippen LogP contribution in [0.4, 0.5) is 0 Å². The molecule has 0 aliphatic rings. The number of benzene rings is 1. The van der Waals surface area contributed by atoms with Crippen molar-refractivity contribution in [2.24, 2.45) is 0 Å². The number of allylic oxidation sites excluding steroid dienone is 1. The molecule has 0 spiro atoms. The molecule has 0 aromatic heterocycles. The number of nitrogens with one attached hydrogen (secondary N) is 1. The molecule has 0 bridgehead atoms. The van der Waals surface area contributed by atoms with Crippen LogP contribution in [0.2, 0.25) is 0 Å². The highest BCUT2D eigenvalue weighted by Crippen LogP contribution is 2.33. The Morgan fingerprint density at radius 1 is 1.18 bits per heavy atom. The fourth-order valence-electron chi connectivity index (χ4n) is 2.50. The van der Waals surface area contributed by atoms with Crippen molar-refractivity contribution in [3.05, 3.63) is 35.9 Å². The first-order valence-electron chi connectivity index (χ1n) is 8.40. The van der Waals surface area contributed by atoms with E-state index in [1.54, 1.807) is 7.11 Å². The van der Waals surface area contributed by atoms with Crippen molar-refractivity contribution in [2.75, 3.05) is 20.3 Å². The standard InChI is InChI=1S/C19H31NO2/c1-5-8-9-10-12-20-15-16-13-17(11-6-2)19(22-7-3)18(14-16)21-4/h6,13-14,20H,2,5,7-12,15H2,1,3-4H3. The van der Waals surface area contributed by atoms with E-state index in [0.29, 0.717) is 6.61 Å². The van der Waals surface area contributed by atoms with Gasteiger partial charge in [-0.1, -0.05) is 38.3 Å². The Balaban J connectivity index is 2.70. The van der Waals surface area contributed by atoms with Gasteiger partial charge in [0.1, 0.15) is 0 Å². The summed E-state index contributed by atoms with van der Waals surface area (Å²) in [6.45, 7) is 10.6. The van der Waals surface area contributed by atoms with Crippen molar-refractivity contribution in [1.82, 2.24) is 5.32 Å². The minimum atomic E-state index is 0.634. The smallest absolute Gasteiger partial charge is 0.164 e. The van der Waals surface area contributed by atoms with Crippen LogP contribution in [0, 0.1) is 0 Å². The van der Waals surface area contributed by atoms with E-state index >= 15 is 0 Å². The van der Waals surface area contributed by atoms with Gasteiger partial charge >= 0.3 is 0 Å². The van der Waals surface area contributed by atoms with Gasteiger partial charge in [-0.15, -0.1) is 6.58 Å². The molecule has 3 nitrogen and oxygen atoms in total. The molecule has 0 saturated carbocycles. The highest BCUT2D eigenvalue weighted by atomic mass is 16.5. The van der Waals surface area contributed by atoms with Gasteiger partial charge in [0.15, 0.2) is 11.5 Å². The molecule has 22 heavy (non-hydrogen) atoms. The summed E-state index contributed by atoms with van der Waals surface area (Å²) in [5.74, 6) is 1.65. The van der Waals surface area contributed by atoms with Crippen LogP contribution < -0.4 is 14.8 Å². The Labute approximate surface area is 135 Å². The van der Waals surface area contributed by atoms with Crippen LogP contribution in [0.15, 0.2) is 24.8 Å². The molecule has 0 heterocycles. The van der Waals surface area contributed by atoms with Crippen molar-refractivity contribution in [3.8, 4) is 11.5 Å². The summed E-state index contributed by atoms with van der Waals surface area (Å²) in [7, 11) is 1.69. The predicted molar refractivity (Wildman–Crippen MR) is 93.9 cm³/mol. The zero-order valence-corrected chi connectivity index (χ0v) is 14.4. The molecule has 124 valence electrons. The third-order valence-corrected chi connectivity index (χ3v) is 3.60. The highest BCUT2D eigenvalue weighted by molar-refractivity contribution is 5.50. The molecule has 0 unspecified atom stereocenters. The van der Waals surface area contributed by atoms with E-state index in [4.69, 9.17) is 9.47 Å². The first-order valence-corrected chi connectivity index (χ1v) is 8.40. The summed E-state index contributed by atoms with van der Waals surface area (Å²) >= 11 is 0. The molecule has 0 aliphatic heterocycles. The topological polar surface area (TPSA) is 30.5 Å². The molecule has 0 saturated heterocycles. The molecule has 3 heteroatoms. The quantitative estimate of drug-likeness (QED) is 0.456. The van der Waals surface area contributed by atoms with Crippen LogP contribution in [-0.4, -0.2) is 20.3 Å². The second-order valence-corrected chi connectivity index (χ2v) is 5.45. The third kappa shape index (κ3) is 6.10. The van der Waals surface area contributed by atoms with E-state index in [9.17, 15) is 0 Å². The average molecular weight is 305 g/mol. The van der Waals surface area contributed by atoms with Gasteiger partial charge in [0, 0.05) is 12.1 Å². The molecule has 1 rings (SSSR count). The summed E-state index contributed by atoms with van der Waals surface area (Å²) < 4.78 is 11.2. The van der Waals surface area contributed by atoms with E-state index < -0.39 is 0 Å². The van der Waals surface area contributed by atoms with Gasteiger partial charge in [-0.2, -0.15) is 0 Å². The van der Waals surface area contributed by atoms with Crippen LogP contribution in [0.1, 0.15) is 50.7 Å². The van der Waals surface area contributed by atoms with E-state index in [1.807, 2.05) is 13.0 Å². The fraction of sp³-hybridized carbons (Fsp3) is 0.579.